The van der Waals surface area contributed by atoms with E-state index in [-0.39, 0.29) is 36.0 Å². The Labute approximate surface area is 180 Å². The first-order valence-electron chi connectivity index (χ1n) is 10.4. The summed E-state index contributed by atoms with van der Waals surface area (Å²) in [6, 6.07) is 0. The van der Waals surface area contributed by atoms with Gasteiger partial charge in [0, 0.05) is 52.4 Å². The van der Waals surface area contributed by atoms with Crippen molar-refractivity contribution in [2.75, 3.05) is 65.5 Å². The zero-order chi connectivity index (χ0) is 18.4. The first-order valence-corrected chi connectivity index (χ1v) is 10.4. The third-order valence-electron chi connectivity index (χ3n) is 5.75. The van der Waals surface area contributed by atoms with E-state index in [2.05, 4.69) is 29.0 Å². The number of likely N-dealkylation sites (tertiary alicyclic amines) is 1. The van der Waals surface area contributed by atoms with E-state index in [1.807, 2.05) is 4.90 Å². The van der Waals surface area contributed by atoms with Gasteiger partial charge in [0.2, 0.25) is 0 Å². The van der Waals surface area contributed by atoms with Gasteiger partial charge >= 0.3 is 0 Å². The number of hydrogen-bond acceptors (Lipinski definition) is 4. The second-order valence-corrected chi connectivity index (χ2v) is 7.56. The molecule has 3 aliphatic rings. The molecule has 2 atom stereocenters. The molecule has 0 aliphatic carbocycles. The van der Waals surface area contributed by atoms with Crippen molar-refractivity contribution in [1.82, 2.24) is 20.0 Å². The van der Waals surface area contributed by atoms with Crippen LogP contribution in [0.3, 0.4) is 0 Å². The first kappa shape index (κ1) is 22.7. The average molecular weight is 493 g/mol. The summed E-state index contributed by atoms with van der Waals surface area (Å²) in [5, 5.41) is 3.43. The van der Waals surface area contributed by atoms with Crippen molar-refractivity contribution in [3.05, 3.63) is 0 Å². The number of aliphatic imine (C=N–C) groups is 1. The zero-order valence-electron chi connectivity index (χ0n) is 16.9. The molecule has 3 fully saturated rings. The lowest BCUT2D eigenvalue weighted by atomic mass is 10.1. The number of carbonyl (C=O) groups excluding carboxylic acids is 1. The third-order valence-corrected chi connectivity index (χ3v) is 5.75. The second-order valence-electron chi connectivity index (χ2n) is 7.56. The van der Waals surface area contributed by atoms with Crippen LogP contribution in [0.25, 0.3) is 0 Å². The predicted octanol–water partition coefficient (Wildman–Crippen LogP) is 1.23. The molecule has 0 bridgehead atoms. The Kier molecular flexibility index (Phi) is 9.58. The minimum atomic E-state index is -0.202. The number of nitrogens with zero attached hydrogens (tertiary/aromatic N) is 4. The largest absolute Gasteiger partial charge is 0.368 e. The van der Waals surface area contributed by atoms with Gasteiger partial charge in [0.05, 0.1) is 0 Å². The third kappa shape index (κ3) is 6.19. The highest BCUT2D eigenvalue weighted by Gasteiger charge is 2.31. The van der Waals surface area contributed by atoms with E-state index in [4.69, 9.17) is 9.73 Å². The molecule has 3 saturated heterocycles. The highest BCUT2D eigenvalue weighted by atomic mass is 127. The number of hydrogen-bond donors (Lipinski definition) is 1. The monoisotopic (exact) mass is 493 g/mol. The van der Waals surface area contributed by atoms with Crippen LogP contribution in [0.4, 0.5) is 0 Å². The Morgan fingerprint density at radius 1 is 1.11 bits per heavy atom. The maximum absolute atomic E-state index is 12.5. The van der Waals surface area contributed by atoms with E-state index in [0.717, 1.165) is 71.2 Å². The fourth-order valence-corrected chi connectivity index (χ4v) is 4.11. The van der Waals surface area contributed by atoms with Crippen molar-refractivity contribution in [2.45, 2.75) is 39.2 Å². The number of carbonyl (C=O) groups is 1. The lowest BCUT2D eigenvalue weighted by Gasteiger charge is -2.37. The van der Waals surface area contributed by atoms with Crippen LogP contribution >= 0.6 is 24.0 Å². The van der Waals surface area contributed by atoms with Gasteiger partial charge in [0.25, 0.3) is 5.91 Å². The van der Waals surface area contributed by atoms with Gasteiger partial charge in [-0.3, -0.25) is 9.79 Å². The molecule has 0 spiro atoms. The molecule has 7 nitrogen and oxygen atoms in total. The van der Waals surface area contributed by atoms with Crippen LogP contribution < -0.4 is 5.32 Å². The molecule has 0 aromatic heterocycles. The minimum Gasteiger partial charge on any atom is -0.368 e. The first-order chi connectivity index (χ1) is 12.7. The normalized spacial score (nSPS) is 27.0. The molecule has 1 amide bonds. The van der Waals surface area contributed by atoms with Gasteiger partial charge in [-0.15, -0.1) is 24.0 Å². The molecule has 27 heavy (non-hydrogen) atoms. The van der Waals surface area contributed by atoms with Crippen LogP contribution in [-0.2, 0) is 9.53 Å². The summed E-state index contributed by atoms with van der Waals surface area (Å²) in [7, 11) is 0. The average Bonchev–Trinajstić information content (AvgIpc) is 3.36. The SMILES string of the molecule is CCNC(=NCC1CCN(CC)C1)N1CCN(C(=O)C2CCCO2)CC1.I. The molecule has 156 valence electrons. The van der Waals surface area contributed by atoms with Crippen molar-refractivity contribution >= 4 is 35.8 Å². The summed E-state index contributed by atoms with van der Waals surface area (Å²) in [6.07, 6.45) is 2.93. The molecule has 0 radical (unpaired) electrons. The van der Waals surface area contributed by atoms with Crippen molar-refractivity contribution < 1.29 is 9.53 Å². The van der Waals surface area contributed by atoms with Crippen LogP contribution in [-0.4, -0.2) is 98.2 Å². The van der Waals surface area contributed by atoms with Gasteiger partial charge < -0.3 is 24.8 Å². The van der Waals surface area contributed by atoms with Crippen molar-refractivity contribution in [3.63, 3.8) is 0 Å². The molecule has 1 N–H and O–H groups in total. The number of rotatable bonds is 5. The Morgan fingerprint density at radius 2 is 1.85 bits per heavy atom. The van der Waals surface area contributed by atoms with Gasteiger partial charge in [-0.2, -0.15) is 0 Å². The van der Waals surface area contributed by atoms with Crippen LogP contribution in [0.2, 0.25) is 0 Å². The predicted molar refractivity (Wildman–Crippen MR) is 119 cm³/mol. The molecule has 0 saturated carbocycles. The topological polar surface area (TPSA) is 60.4 Å². The summed E-state index contributed by atoms with van der Waals surface area (Å²) in [5.41, 5.74) is 0. The molecule has 3 heterocycles. The van der Waals surface area contributed by atoms with Gasteiger partial charge in [0.1, 0.15) is 6.10 Å². The summed E-state index contributed by atoms with van der Waals surface area (Å²) in [4.78, 5) is 24.2. The molecular formula is C19H36IN5O2. The molecule has 8 heteroatoms. The minimum absolute atomic E-state index is 0. The van der Waals surface area contributed by atoms with Crippen LogP contribution in [0.1, 0.15) is 33.1 Å². The van der Waals surface area contributed by atoms with Crippen LogP contribution in [0.5, 0.6) is 0 Å². The summed E-state index contributed by atoms with van der Waals surface area (Å²) in [5.74, 6) is 1.85. The molecular weight excluding hydrogens is 457 g/mol. The van der Waals surface area contributed by atoms with Crippen molar-refractivity contribution in [2.24, 2.45) is 10.9 Å². The Balaban J connectivity index is 0.00000261. The quantitative estimate of drug-likeness (QED) is 0.355. The molecule has 3 rings (SSSR count). The van der Waals surface area contributed by atoms with Gasteiger partial charge in [-0.1, -0.05) is 6.92 Å². The van der Waals surface area contributed by atoms with E-state index in [1.54, 1.807) is 0 Å². The molecule has 3 aliphatic heterocycles. The van der Waals surface area contributed by atoms with Gasteiger partial charge in [-0.05, 0) is 45.2 Å². The fourth-order valence-electron chi connectivity index (χ4n) is 4.11. The Bertz CT molecular complexity index is 490. The van der Waals surface area contributed by atoms with Crippen LogP contribution in [0, 0.1) is 5.92 Å². The second kappa shape index (κ2) is 11.4. The standard InChI is InChI=1S/C19H35N5O2.HI/c1-3-20-19(21-14-16-7-8-22(4-2)15-16)24-11-9-23(10-12-24)18(25)17-6-5-13-26-17;/h16-17H,3-15H2,1-2H3,(H,20,21);1H. The highest BCUT2D eigenvalue weighted by Crippen LogP contribution is 2.17. The van der Waals surface area contributed by atoms with Crippen molar-refractivity contribution in [3.8, 4) is 0 Å². The van der Waals surface area contributed by atoms with Gasteiger partial charge in [0.15, 0.2) is 5.96 Å². The Hall–Kier alpha value is -0.610. The van der Waals surface area contributed by atoms with E-state index < -0.39 is 0 Å². The number of amides is 1. The summed E-state index contributed by atoms with van der Waals surface area (Å²) in [6.45, 7) is 13.6. The van der Waals surface area contributed by atoms with E-state index in [0.29, 0.717) is 5.92 Å². The van der Waals surface area contributed by atoms with Crippen LogP contribution in [0.15, 0.2) is 4.99 Å². The maximum atomic E-state index is 12.5. The Morgan fingerprint density at radius 3 is 2.44 bits per heavy atom. The number of guanidine groups is 1. The van der Waals surface area contributed by atoms with Crippen molar-refractivity contribution in [1.29, 1.82) is 0 Å². The molecule has 0 aromatic carbocycles. The van der Waals surface area contributed by atoms with Gasteiger partial charge in [-0.25, -0.2) is 0 Å². The lowest BCUT2D eigenvalue weighted by Crippen LogP contribution is -2.55. The molecule has 0 aromatic rings. The number of ether oxygens (including phenoxy) is 1. The highest BCUT2D eigenvalue weighted by molar-refractivity contribution is 14.0. The smallest absolute Gasteiger partial charge is 0.251 e. The summed E-state index contributed by atoms with van der Waals surface area (Å²) >= 11 is 0. The lowest BCUT2D eigenvalue weighted by molar-refractivity contribution is -0.142. The number of piperazine rings is 1. The summed E-state index contributed by atoms with van der Waals surface area (Å²) < 4.78 is 5.55. The van der Waals surface area contributed by atoms with E-state index >= 15 is 0 Å². The zero-order valence-corrected chi connectivity index (χ0v) is 19.2. The molecule has 2 unspecified atom stereocenters. The maximum Gasteiger partial charge on any atom is 0.251 e. The number of halogens is 1. The van der Waals surface area contributed by atoms with E-state index in [1.165, 1.54) is 19.5 Å². The fraction of sp³-hybridized carbons (Fsp3) is 0.895. The number of nitrogens with one attached hydrogen (secondary N) is 1. The van der Waals surface area contributed by atoms with E-state index in [9.17, 15) is 4.79 Å².